The van der Waals surface area contributed by atoms with Crippen LogP contribution in [0.15, 0.2) is 12.3 Å². The van der Waals surface area contributed by atoms with Crippen molar-refractivity contribution in [3.8, 4) is 0 Å². The highest BCUT2D eigenvalue weighted by atomic mass is 16.3. The molecule has 1 aliphatic carbocycles. The summed E-state index contributed by atoms with van der Waals surface area (Å²) in [6.07, 6.45) is 3.25. The number of aromatic nitrogens is 1. The summed E-state index contributed by atoms with van der Waals surface area (Å²) in [5.74, 6) is -0.300. The molecule has 0 saturated heterocycles. The van der Waals surface area contributed by atoms with Crippen molar-refractivity contribution in [1.29, 1.82) is 0 Å². The molecule has 106 valence electrons. The van der Waals surface area contributed by atoms with Crippen LogP contribution >= 0.6 is 0 Å². The molecule has 19 heavy (non-hydrogen) atoms. The van der Waals surface area contributed by atoms with Crippen LogP contribution < -0.4 is 5.73 Å². The maximum absolute atomic E-state index is 11.5. The third-order valence-corrected chi connectivity index (χ3v) is 4.10. The molecule has 1 amide bonds. The average molecular weight is 264 g/mol. The number of carbonyl (C=O) groups excluding carboxylic acids is 1. The number of aliphatic hydroxyl groups is 1. The van der Waals surface area contributed by atoms with Crippen molar-refractivity contribution in [2.75, 3.05) is 0 Å². The molecule has 0 saturated carbocycles. The van der Waals surface area contributed by atoms with Crippen LogP contribution in [0.4, 0.5) is 0 Å². The van der Waals surface area contributed by atoms with E-state index >= 15 is 0 Å². The van der Waals surface area contributed by atoms with Gasteiger partial charge >= 0.3 is 0 Å². The number of nitrogens with zero attached hydrogens (tertiary/aromatic N) is 1. The van der Waals surface area contributed by atoms with Crippen molar-refractivity contribution in [2.45, 2.75) is 53.2 Å². The number of primary amides is 1. The molecule has 3 N–H and O–H groups in total. The molecule has 1 aliphatic rings. The van der Waals surface area contributed by atoms with E-state index in [4.69, 9.17) is 5.73 Å². The Kier molecular flexibility index (Phi) is 3.25. The summed E-state index contributed by atoms with van der Waals surface area (Å²) in [7, 11) is 0. The van der Waals surface area contributed by atoms with Gasteiger partial charge in [0.25, 0.3) is 0 Å². The third-order valence-electron chi connectivity index (χ3n) is 4.10. The Morgan fingerprint density at radius 2 is 2.21 bits per heavy atom. The Labute approximate surface area is 114 Å². The molecule has 1 aromatic heterocycles. The first kappa shape index (κ1) is 14.1. The fraction of sp³-hybridized carbons (Fsp3) is 0.667. The van der Waals surface area contributed by atoms with Gasteiger partial charge in [-0.25, -0.2) is 0 Å². The number of nitrogens with two attached hydrogens (primary N) is 1. The molecule has 0 aromatic carbocycles. The maximum atomic E-state index is 11.5. The average Bonchev–Trinajstić information content (AvgIpc) is 2.59. The number of rotatable bonds is 3. The molecule has 1 heterocycles. The zero-order chi connectivity index (χ0) is 14.4. The number of carbonyl (C=O) groups is 1. The molecule has 0 radical (unpaired) electrons. The normalized spacial score (nSPS) is 22.1. The molecule has 0 fully saturated rings. The van der Waals surface area contributed by atoms with Crippen LogP contribution in [0.2, 0.25) is 0 Å². The van der Waals surface area contributed by atoms with Crippen LogP contribution in [-0.2, 0) is 17.8 Å². The zero-order valence-corrected chi connectivity index (χ0v) is 12.2. The lowest BCUT2D eigenvalue weighted by molar-refractivity contribution is -0.126. The van der Waals surface area contributed by atoms with E-state index in [-0.39, 0.29) is 11.3 Å². The third kappa shape index (κ3) is 2.68. The SMILES string of the molecule is CC1(C)Cc2c(ccn2CC(C)(C)C(N)=O)C(O)C1. The Balaban J connectivity index is 2.34. The number of hydrogen-bond donors (Lipinski definition) is 2. The molecular formula is C15H24N2O2. The monoisotopic (exact) mass is 264 g/mol. The number of fused-ring (bicyclic) bond motifs is 1. The minimum atomic E-state index is -0.584. The topological polar surface area (TPSA) is 68.2 Å². The molecule has 0 spiro atoms. The first-order valence-corrected chi connectivity index (χ1v) is 6.78. The Morgan fingerprint density at radius 1 is 1.58 bits per heavy atom. The Bertz CT molecular complexity index is 500. The highest BCUT2D eigenvalue weighted by molar-refractivity contribution is 5.79. The van der Waals surface area contributed by atoms with Gasteiger partial charge in [-0.3, -0.25) is 4.79 Å². The van der Waals surface area contributed by atoms with Gasteiger partial charge in [0, 0.05) is 24.0 Å². The molecule has 1 atom stereocenters. The van der Waals surface area contributed by atoms with Crippen LogP contribution in [0, 0.1) is 10.8 Å². The van der Waals surface area contributed by atoms with Crippen molar-refractivity contribution in [3.05, 3.63) is 23.5 Å². The lowest BCUT2D eigenvalue weighted by Gasteiger charge is -2.34. The van der Waals surface area contributed by atoms with Gasteiger partial charge in [-0.15, -0.1) is 0 Å². The van der Waals surface area contributed by atoms with E-state index in [9.17, 15) is 9.90 Å². The predicted octanol–water partition coefficient (Wildman–Crippen LogP) is 2.01. The standard InChI is InChI=1S/C15H24N2O2/c1-14(2)7-11-10(12(18)8-14)5-6-17(11)9-15(3,4)13(16)19/h5-6,12,18H,7-9H2,1-4H3,(H2,16,19). The molecule has 0 bridgehead atoms. The van der Waals surface area contributed by atoms with E-state index in [0.29, 0.717) is 6.54 Å². The minimum Gasteiger partial charge on any atom is -0.388 e. The smallest absolute Gasteiger partial charge is 0.224 e. The highest BCUT2D eigenvalue weighted by Gasteiger charge is 2.34. The van der Waals surface area contributed by atoms with E-state index in [1.807, 2.05) is 26.1 Å². The van der Waals surface area contributed by atoms with Gasteiger partial charge in [0.05, 0.1) is 11.5 Å². The van der Waals surface area contributed by atoms with Crippen molar-refractivity contribution in [1.82, 2.24) is 4.57 Å². The van der Waals surface area contributed by atoms with Gasteiger partial charge < -0.3 is 15.4 Å². The molecule has 2 rings (SSSR count). The first-order valence-electron chi connectivity index (χ1n) is 6.78. The summed E-state index contributed by atoms with van der Waals surface area (Å²) in [4.78, 5) is 11.5. The predicted molar refractivity (Wildman–Crippen MR) is 74.5 cm³/mol. The summed E-state index contributed by atoms with van der Waals surface area (Å²) >= 11 is 0. The summed E-state index contributed by atoms with van der Waals surface area (Å²) < 4.78 is 2.07. The van der Waals surface area contributed by atoms with Crippen molar-refractivity contribution in [3.63, 3.8) is 0 Å². The largest absolute Gasteiger partial charge is 0.388 e. The van der Waals surface area contributed by atoms with E-state index in [0.717, 1.165) is 24.1 Å². The maximum Gasteiger partial charge on any atom is 0.224 e. The Hall–Kier alpha value is -1.29. The molecule has 1 aromatic rings. The molecule has 0 aliphatic heterocycles. The summed E-state index contributed by atoms with van der Waals surface area (Å²) in [6, 6.07) is 1.96. The second-order valence-corrected chi connectivity index (χ2v) is 7.15. The lowest BCUT2D eigenvalue weighted by atomic mass is 9.75. The van der Waals surface area contributed by atoms with E-state index in [1.165, 1.54) is 0 Å². The molecule has 4 nitrogen and oxygen atoms in total. The van der Waals surface area contributed by atoms with Crippen molar-refractivity contribution < 1.29 is 9.90 Å². The van der Waals surface area contributed by atoms with Crippen LogP contribution in [0.5, 0.6) is 0 Å². The Morgan fingerprint density at radius 3 is 2.79 bits per heavy atom. The van der Waals surface area contributed by atoms with Crippen molar-refractivity contribution in [2.24, 2.45) is 16.6 Å². The van der Waals surface area contributed by atoms with E-state index in [2.05, 4.69) is 18.4 Å². The van der Waals surface area contributed by atoms with Gasteiger partial charge in [0.1, 0.15) is 0 Å². The number of aliphatic hydroxyl groups excluding tert-OH is 1. The summed E-state index contributed by atoms with van der Waals surface area (Å²) in [6.45, 7) is 8.59. The van der Waals surface area contributed by atoms with Gasteiger partial charge in [-0.05, 0) is 38.2 Å². The summed E-state index contributed by atoms with van der Waals surface area (Å²) in [5.41, 5.74) is 7.08. The minimum absolute atomic E-state index is 0.0827. The van der Waals surface area contributed by atoms with Crippen molar-refractivity contribution >= 4 is 5.91 Å². The van der Waals surface area contributed by atoms with E-state index in [1.54, 1.807) is 0 Å². The quantitative estimate of drug-likeness (QED) is 0.876. The van der Waals surface area contributed by atoms with Crippen LogP contribution in [0.25, 0.3) is 0 Å². The highest BCUT2D eigenvalue weighted by Crippen LogP contribution is 2.41. The fourth-order valence-electron chi connectivity index (χ4n) is 2.84. The number of amides is 1. The molecular weight excluding hydrogens is 240 g/mol. The van der Waals surface area contributed by atoms with Gasteiger partial charge in [-0.1, -0.05) is 13.8 Å². The van der Waals surface area contributed by atoms with Gasteiger partial charge in [0.15, 0.2) is 0 Å². The van der Waals surface area contributed by atoms with Crippen LogP contribution in [0.1, 0.15) is 51.5 Å². The second kappa shape index (κ2) is 4.37. The first-order chi connectivity index (χ1) is 8.62. The lowest BCUT2D eigenvalue weighted by Crippen LogP contribution is -2.36. The van der Waals surface area contributed by atoms with Gasteiger partial charge in [-0.2, -0.15) is 0 Å². The van der Waals surface area contributed by atoms with Crippen LogP contribution in [-0.4, -0.2) is 15.6 Å². The van der Waals surface area contributed by atoms with Crippen LogP contribution in [0.3, 0.4) is 0 Å². The van der Waals surface area contributed by atoms with E-state index < -0.39 is 11.5 Å². The second-order valence-electron chi connectivity index (χ2n) is 7.15. The zero-order valence-electron chi connectivity index (χ0n) is 12.2. The number of hydrogen-bond acceptors (Lipinski definition) is 2. The summed E-state index contributed by atoms with van der Waals surface area (Å²) in [5, 5.41) is 10.2. The fourth-order valence-corrected chi connectivity index (χ4v) is 2.84. The molecule has 1 unspecified atom stereocenters. The van der Waals surface area contributed by atoms with Gasteiger partial charge in [0.2, 0.25) is 5.91 Å². The molecule has 4 heteroatoms.